The lowest BCUT2D eigenvalue weighted by atomic mass is 9.90. The van der Waals surface area contributed by atoms with Gasteiger partial charge in [-0.2, -0.15) is 0 Å². The van der Waals surface area contributed by atoms with Gasteiger partial charge in [0, 0.05) is 24.1 Å². The number of nitro benzene ring substituents is 1. The molecule has 1 saturated carbocycles. The van der Waals surface area contributed by atoms with Gasteiger partial charge in [0.2, 0.25) is 0 Å². The summed E-state index contributed by atoms with van der Waals surface area (Å²) in [4.78, 5) is 10.5. The molecule has 2 unspecified atom stereocenters. The zero-order valence-corrected chi connectivity index (χ0v) is 19.7. The molecule has 2 N–H and O–H groups in total. The molecule has 0 radical (unpaired) electrons. The molecule has 0 bridgehead atoms. The van der Waals surface area contributed by atoms with Crippen molar-refractivity contribution in [1.82, 2.24) is 5.32 Å². The molecule has 2 fully saturated rings. The smallest absolute Gasteiger partial charge is 0.269 e. The summed E-state index contributed by atoms with van der Waals surface area (Å²) in [5, 5.41) is 22.7. The maximum atomic E-state index is 14.6. The van der Waals surface area contributed by atoms with Crippen molar-refractivity contribution in [3.63, 3.8) is 0 Å². The van der Waals surface area contributed by atoms with E-state index in [1.807, 2.05) is 24.3 Å². The maximum absolute atomic E-state index is 14.6. The van der Waals surface area contributed by atoms with Crippen molar-refractivity contribution < 1.29 is 27.2 Å². The van der Waals surface area contributed by atoms with Crippen LogP contribution in [0.4, 0.5) is 10.1 Å². The van der Waals surface area contributed by atoms with Crippen LogP contribution in [0.15, 0.2) is 42.5 Å². The zero-order valence-electron chi connectivity index (χ0n) is 18.8. The van der Waals surface area contributed by atoms with Crippen LogP contribution in [0.25, 0.3) is 0 Å². The number of halogens is 1. The number of nitrogens with one attached hydrogen (secondary N) is 2. The van der Waals surface area contributed by atoms with E-state index in [2.05, 4.69) is 5.32 Å². The van der Waals surface area contributed by atoms with Crippen molar-refractivity contribution in [3.8, 4) is 5.75 Å². The number of methoxy groups -OCH3 is 1. The van der Waals surface area contributed by atoms with Crippen LogP contribution in [0.5, 0.6) is 5.75 Å². The number of nitro groups is 1. The molecule has 1 aliphatic carbocycles. The van der Waals surface area contributed by atoms with E-state index in [0.29, 0.717) is 13.0 Å². The molecule has 4 rings (SSSR count). The van der Waals surface area contributed by atoms with Crippen molar-refractivity contribution in [2.24, 2.45) is 0 Å². The average molecular weight is 492 g/mol. The maximum Gasteiger partial charge on any atom is 0.269 e. The van der Waals surface area contributed by atoms with E-state index in [1.54, 1.807) is 7.11 Å². The molecule has 2 aliphatic rings. The second-order valence-electron chi connectivity index (χ2n) is 9.03. The Bertz CT molecular complexity index is 1240. The van der Waals surface area contributed by atoms with Gasteiger partial charge in [-0.3, -0.25) is 15.5 Å². The second kappa shape index (κ2) is 8.62. The summed E-state index contributed by atoms with van der Waals surface area (Å²) >= 11 is 0. The molecular weight excluding hydrogens is 465 g/mol. The van der Waals surface area contributed by atoms with Crippen LogP contribution < -0.4 is 10.1 Å². The Morgan fingerprint density at radius 2 is 1.97 bits per heavy atom. The average Bonchev–Trinajstić information content (AvgIpc) is 3.23. The highest BCUT2D eigenvalue weighted by Crippen LogP contribution is 2.45. The van der Waals surface area contributed by atoms with Crippen molar-refractivity contribution in [3.05, 3.63) is 69.5 Å². The van der Waals surface area contributed by atoms with Gasteiger partial charge in [0.25, 0.3) is 5.69 Å². The van der Waals surface area contributed by atoms with E-state index in [0.717, 1.165) is 29.5 Å². The molecule has 9 nitrogen and oxygen atoms in total. The molecule has 1 heterocycles. The third kappa shape index (κ3) is 4.14. The van der Waals surface area contributed by atoms with E-state index in [9.17, 15) is 22.9 Å². The molecule has 2 aromatic rings. The first-order valence-corrected chi connectivity index (χ1v) is 12.4. The summed E-state index contributed by atoms with van der Waals surface area (Å²) in [6.45, 7) is 1.74. The molecule has 1 saturated heterocycles. The first-order valence-electron chi connectivity index (χ1n) is 10.8. The number of amidine groups is 1. The molecule has 182 valence electrons. The Labute approximate surface area is 196 Å². The minimum absolute atomic E-state index is 0.116. The lowest BCUT2D eigenvalue weighted by Crippen LogP contribution is -2.65. The Kier molecular flexibility index (Phi) is 6.11. The fourth-order valence-electron chi connectivity index (χ4n) is 4.85. The summed E-state index contributed by atoms with van der Waals surface area (Å²) in [5.41, 5.74) is -1.11. The van der Waals surface area contributed by atoms with Crippen LogP contribution in [0.1, 0.15) is 37.3 Å². The monoisotopic (exact) mass is 491 g/mol. The van der Waals surface area contributed by atoms with Gasteiger partial charge in [-0.15, -0.1) is 0 Å². The molecule has 3 atom stereocenters. The molecule has 0 amide bonds. The van der Waals surface area contributed by atoms with Crippen LogP contribution in [-0.2, 0) is 26.7 Å². The molecular formula is C23H26FN3O6S. The van der Waals surface area contributed by atoms with Crippen LogP contribution in [-0.4, -0.2) is 42.9 Å². The lowest BCUT2D eigenvalue weighted by molar-refractivity contribution is -0.385. The molecule has 0 aromatic heterocycles. The third-order valence-electron chi connectivity index (χ3n) is 6.76. The van der Waals surface area contributed by atoms with Crippen LogP contribution >= 0.6 is 0 Å². The number of nitrogens with zero attached hydrogens (tertiary/aromatic N) is 1. The standard InChI is InChI=1S/C23H26FN3O6S/c1-22(19-11-16(27(28)29)5-8-20(19)24)14-34(30,31)23(21(25)26-22)10-9-18(12-23)33-13-15-3-6-17(32-2)7-4-15/h3-8,11,18H,9-10,12-14H2,1-2H3,(H2,25,26)/t18?,22-,23?/m0/s1. The van der Waals surface area contributed by atoms with Gasteiger partial charge in [-0.1, -0.05) is 12.1 Å². The van der Waals surface area contributed by atoms with Crippen molar-refractivity contribution in [2.75, 3.05) is 12.9 Å². The van der Waals surface area contributed by atoms with Crippen LogP contribution in [0.3, 0.4) is 0 Å². The summed E-state index contributed by atoms with van der Waals surface area (Å²) in [6, 6.07) is 10.3. The SMILES string of the molecule is COc1ccc(COC2CCC3(C2)C(=N)N[C@](C)(c2cc([N+](=O)[O-])ccc2F)CS3(=O)=O)cc1. The van der Waals surface area contributed by atoms with E-state index in [-0.39, 0.29) is 36.0 Å². The van der Waals surface area contributed by atoms with Crippen LogP contribution in [0, 0.1) is 21.3 Å². The summed E-state index contributed by atoms with van der Waals surface area (Å²) < 4.78 is 51.3. The minimum Gasteiger partial charge on any atom is -0.497 e. The van der Waals surface area contributed by atoms with Crippen molar-refractivity contribution in [2.45, 2.75) is 49.2 Å². The van der Waals surface area contributed by atoms with Gasteiger partial charge in [-0.05, 0) is 43.5 Å². The summed E-state index contributed by atoms with van der Waals surface area (Å²) in [7, 11) is -2.34. The summed E-state index contributed by atoms with van der Waals surface area (Å²) in [5.74, 6) is -0.778. The Balaban J connectivity index is 1.53. The van der Waals surface area contributed by atoms with Crippen LogP contribution in [0.2, 0.25) is 0 Å². The van der Waals surface area contributed by atoms with E-state index in [1.165, 1.54) is 6.92 Å². The first-order chi connectivity index (χ1) is 16.0. The van der Waals surface area contributed by atoms with Crippen molar-refractivity contribution >= 4 is 21.4 Å². The fourth-order valence-corrected chi connectivity index (χ4v) is 7.34. The number of rotatable bonds is 6. The number of benzene rings is 2. The fraction of sp³-hybridized carbons (Fsp3) is 0.435. The first kappa shape index (κ1) is 24.1. The van der Waals surface area contributed by atoms with E-state index < -0.39 is 36.6 Å². The zero-order chi connectivity index (χ0) is 24.7. The highest BCUT2D eigenvalue weighted by Gasteiger charge is 2.59. The highest BCUT2D eigenvalue weighted by molar-refractivity contribution is 7.93. The number of hydrogen-bond donors (Lipinski definition) is 2. The van der Waals surface area contributed by atoms with Crippen molar-refractivity contribution in [1.29, 1.82) is 5.41 Å². The predicted octanol–water partition coefficient (Wildman–Crippen LogP) is 3.46. The molecule has 11 heteroatoms. The Hall–Kier alpha value is -3.05. The van der Waals surface area contributed by atoms with Gasteiger partial charge in [0.15, 0.2) is 9.84 Å². The number of sulfone groups is 1. The highest BCUT2D eigenvalue weighted by atomic mass is 32.2. The number of ether oxygens (including phenoxy) is 2. The second-order valence-corrected chi connectivity index (χ2v) is 11.3. The molecule has 1 spiro atoms. The van der Waals surface area contributed by atoms with Gasteiger partial charge in [-0.25, -0.2) is 12.8 Å². The number of non-ortho nitro benzene ring substituents is 1. The van der Waals surface area contributed by atoms with Gasteiger partial charge in [0.05, 0.1) is 36.0 Å². The Morgan fingerprint density at radius 3 is 2.59 bits per heavy atom. The molecule has 1 aliphatic heterocycles. The minimum atomic E-state index is -3.92. The lowest BCUT2D eigenvalue weighted by Gasteiger charge is -2.44. The van der Waals surface area contributed by atoms with E-state index in [4.69, 9.17) is 14.9 Å². The largest absolute Gasteiger partial charge is 0.497 e. The topological polar surface area (TPSA) is 132 Å². The predicted molar refractivity (Wildman–Crippen MR) is 123 cm³/mol. The van der Waals surface area contributed by atoms with E-state index >= 15 is 0 Å². The molecule has 34 heavy (non-hydrogen) atoms. The van der Waals surface area contributed by atoms with Gasteiger partial charge < -0.3 is 14.8 Å². The summed E-state index contributed by atoms with van der Waals surface area (Å²) in [6.07, 6.45) is 0.423. The normalized spacial score (nSPS) is 28.0. The quantitative estimate of drug-likeness (QED) is 0.467. The van der Waals surface area contributed by atoms with Gasteiger partial charge >= 0.3 is 0 Å². The number of hydrogen-bond acceptors (Lipinski definition) is 7. The third-order valence-corrected chi connectivity index (χ3v) is 9.48. The Morgan fingerprint density at radius 1 is 1.26 bits per heavy atom. The molecule has 2 aromatic carbocycles. The van der Waals surface area contributed by atoms with Gasteiger partial charge in [0.1, 0.15) is 22.1 Å².